The molecule has 66 heavy (non-hydrogen) atoms. The predicted molar refractivity (Wildman–Crippen MR) is 270 cm³/mol. The van der Waals surface area contributed by atoms with Crippen LogP contribution < -0.4 is 5.76 Å². The third-order valence-electron chi connectivity index (χ3n) is 12.0. The van der Waals surface area contributed by atoms with E-state index in [4.69, 9.17) is 19.7 Å². The number of carboxylic acid groups (broad SMARTS) is 1. The second-order valence-corrected chi connectivity index (χ2v) is 22.1. The Morgan fingerprint density at radius 2 is 1.15 bits per heavy atom. The first-order chi connectivity index (χ1) is 29.7. The van der Waals surface area contributed by atoms with E-state index in [9.17, 15) is 19.2 Å². The van der Waals surface area contributed by atoms with E-state index >= 15 is 0 Å². The number of tetrazole rings is 1. The van der Waals surface area contributed by atoms with Gasteiger partial charge >= 0.3 is 17.7 Å². The molecule has 0 aliphatic carbocycles. The molecule has 1 aliphatic rings. The van der Waals surface area contributed by atoms with Crippen LogP contribution in [-0.4, -0.2) is 78.0 Å². The number of H-pyrrole nitrogens is 2. The molecule has 0 spiro atoms. The molecule has 390 valence electrons. The number of Topliss-reactive ketones (excluding diaryl/α,β-unsaturated/α-hetero) is 1. The molecule has 4 N–H and O–H groups in total. The van der Waals surface area contributed by atoms with Crippen LogP contribution in [0.25, 0.3) is 0 Å². The number of methoxy groups -OCH3 is 1. The van der Waals surface area contributed by atoms with Crippen LogP contribution in [0, 0.1) is 27.6 Å². The molecule has 0 saturated carbocycles. The van der Waals surface area contributed by atoms with Crippen molar-refractivity contribution < 1.29 is 38.6 Å². The molecule has 0 atom stereocenters. The normalized spacial score (nSPS) is 12.7. The molecule has 15 heteroatoms. The highest BCUT2D eigenvalue weighted by Crippen LogP contribution is 2.35. The number of aliphatic hydroxyl groups excluding tert-OH is 1. The van der Waals surface area contributed by atoms with Crippen LogP contribution in [0.3, 0.4) is 0 Å². The smallest absolute Gasteiger partial charge is 0.438 e. The number of hydrogen-bond acceptors (Lipinski definition) is 12. The monoisotopic (exact) mass is 943 g/mol. The molecule has 2 aromatic rings. The Balaban J connectivity index is -0.000000218. The molecular weight excluding hydrogens is 841 g/mol. The number of carbonyl (C=O) groups is 3. The Hall–Kier alpha value is -3.72. The Labute approximate surface area is 402 Å². The second-order valence-electron chi connectivity index (χ2n) is 22.1. The summed E-state index contributed by atoms with van der Waals surface area (Å²) in [5, 5.41) is 34.3. The van der Waals surface area contributed by atoms with Crippen LogP contribution in [0.15, 0.2) is 21.2 Å². The number of carbonyl (C=O) groups excluding carboxylic acids is 2. The number of carboxylic acids is 1. The van der Waals surface area contributed by atoms with Crippen LogP contribution in [0.1, 0.15) is 236 Å². The first-order valence-electron chi connectivity index (χ1n) is 23.8. The third-order valence-corrected chi connectivity index (χ3v) is 12.0. The van der Waals surface area contributed by atoms with Crippen molar-refractivity contribution >= 4 is 17.7 Å². The van der Waals surface area contributed by atoms with Crippen molar-refractivity contribution in [2.45, 2.75) is 241 Å². The molecule has 0 bridgehead atoms. The van der Waals surface area contributed by atoms with Crippen molar-refractivity contribution in [1.29, 1.82) is 0 Å². The van der Waals surface area contributed by atoms with E-state index in [0.717, 1.165) is 43.0 Å². The van der Waals surface area contributed by atoms with Gasteiger partial charge in [-0.3, -0.25) is 23.9 Å². The predicted octanol–water partition coefficient (Wildman–Crippen LogP) is 12.6. The summed E-state index contributed by atoms with van der Waals surface area (Å²) < 4.78 is 14.1. The summed E-state index contributed by atoms with van der Waals surface area (Å²) in [5.41, 5.74) is 0.880. The number of esters is 1. The number of aliphatic hydroxyl groups is 1. The lowest BCUT2D eigenvalue weighted by atomic mass is 9.81. The number of aromatic nitrogens is 6. The summed E-state index contributed by atoms with van der Waals surface area (Å²) in [5.74, 6) is 0.878. The molecule has 3 heterocycles. The number of ketones is 1. The van der Waals surface area contributed by atoms with E-state index in [0.29, 0.717) is 24.1 Å². The van der Waals surface area contributed by atoms with Gasteiger partial charge in [-0.2, -0.15) is 5.21 Å². The fourth-order valence-electron chi connectivity index (χ4n) is 2.86. The molecule has 3 rings (SSSR count). The maximum atomic E-state index is 10.8. The minimum absolute atomic E-state index is 0.0417. The van der Waals surface area contributed by atoms with Gasteiger partial charge in [0.25, 0.3) is 0 Å². The average Bonchev–Trinajstić information content (AvgIpc) is 4.05. The zero-order chi connectivity index (χ0) is 53.6. The van der Waals surface area contributed by atoms with E-state index < -0.39 is 17.1 Å². The first kappa shape index (κ1) is 71.3. The van der Waals surface area contributed by atoms with Gasteiger partial charge < -0.3 is 19.7 Å². The topological polar surface area (TPSA) is 223 Å². The van der Waals surface area contributed by atoms with Crippen molar-refractivity contribution in [2.24, 2.45) is 27.6 Å². The van der Waals surface area contributed by atoms with Crippen molar-refractivity contribution in [1.82, 2.24) is 30.8 Å². The number of aromatic amines is 2. The summed E-state index contributed by atoms with van der Waals surface area (Å²) in [6.07, 6.45) is 9.09. The highest BCUT2D eigenvalue weighted by atomic mass is 16.5. The molecule has 15 nitrogen and oxygen atoms in total. The standard InChI is InChI=1S/C9H14O2.C7H12N2O2.C7H14O2.C6H12N4.C6H12O2.C6H14.C5H12O.C5H12/c1-4-9(2,3)7-5-8(10)11-6-7;1-4-7(2,3)5-8-6(10)11-9-5;1-4-7(2,3)6(9)5-8;1-4-6(2,3)5-7-9-10-8-5;1-4-6(2,3)5(7)8;1-5-6(2,3)4;1-5(2,3)6-4;1-4-5(2)3/h6H,4-5H2,1-3H3;4H2,1-3H3,(H,8,9,10);8H,4-5H2,1-3H3;4H2,1-3H3,(H,7,8,9,10);4H2,1-3H3,(H,7,8);5H2,1-4H3;1-4H3;5H,4H2,1-3H3. The Morgan fingerprint density at radius 3 is 1.35 bits per heavy atom. The second kappa shape index (κ2) is 33.7. The number of hydrogen-bond donors (Lipinski definition) is 4. The lowest BCUT2D eigenvalue weighted by Gasteiger charge is -2.22. The van der Waals surface area contributed by atoms with Gasteiger partial charge in [-0.05, 0) is 89.0 Å². The Kier molecular flexibility index (Phi) is 36.4. The van der Waals surface area contributed by atoms with Crippen molar-refractivity contribution in [3.8, 4) is 0 Å². The average molecular weight is 943 g/mol. The molecular formula is C51H102N6O9. The third kappa shape index (κ3) is 36.4. The molecule has 0 amide bonds. The van der Waals surface area contributed by atoms with Gasteiger partial charge in [0.1, 0.15) is 6.61 Å². The molecule has 2 aromatic heterocycles. The molecule has 0 fully saturated rings. The number of nitrogens with zero attached hydrogens (tertiary/aromatic N) is 4. The Bertz CT molecular complexity index is 1620. The van der Waals surface area contributed by atoms with Gasteiger partial charge in [-0.1, -0.05) is 162 Å². The van der Waals surface area contributed by atoms with Crippen LogP contribution in [-0.2, 0) is 34.7 Å². The maximum absolute atomic E-state index is 10.8. The van der Waals surface area contributed by atoms with Gasteiger partial charge in [0.2, 0.25) is 0 Å². The largest absolute Gasteiger partial charge is 0.481 e. The quantitative estimate of drug-likeness (QED) is 0.146. The fourth-order valence-corrected chi connectivity index (χ4v) is 2.86. The highest BCUT2D eigenvalue weighted by Gasteiger charge is 2.28. The minimum Gasteiger partial charge on any atom is -0.481 e. The molecule has 0 aromatic carbocycles. The molecule has 0 unspecified atom stereocenters. The first-order valence-corrected chi connectivity index (χ1v) is 23.8. The number of ether oxygens (including phenoxy) is 2. The summed E-state index contributed by atoms with van der Waals surface area (Å²) >= 11 is 0. The summed E-state index contributed by atoms with van der Waals surface area (Å²) in [4.78, 5) is 44.9. The van der Waals surface area contributed by atoms with Gasteiger partial charge in [0, 0.05) is 23.4 Å². The lowest BCUT2D eigenvalue weighted by Crippen LogP contribution is -2.25. The van der Waals surface area contributed by atoms with Crippen molar-refractivity contribution in [3.05, 3.63) is 34.0 Å². The Morgan fingerprint density at radius 1 is 0.727 bits per heavy atom. The van der Waals surface area contributed by atoms with Gasteiger partial charge in [0.15, 0.2) is 17.4 Å². The van der Waals surface area contributed by atoms with Crippen LogP contribution >= 0.6 is 0 Å². The van der Waals surface area contributed by atoms with Gasteiger partial charge in [-0.25, -0.2) is 4.79 Å². The maximum Gasteiger partial charge on any atom is 0.438 e. The van der Waals surface area contributed by atoms with Crippen LogP contribution in [0.5, 0.6) is 0 Å². The van der Waals surface area contributed by atoms with E-state index in [2.05, 4.69) is 125 Å². The van der Waals surface area contributed by atoms with E-state index in [1.165, 1.54) is 12.8 Å². The summed E-state index contributed by atoms with van der Waals surface area (Å²) in [6, 6.07) is 0. The zero-order valence-corrected chi connectivity index (χ0v) is 47.1. The van der Waals surface area contributed by atoms with E-state index in [-0.39, 0.29) is 45.6 Å². The van der Waals surface area contributed by atoms with Gasteiger partial charge in [-0.15, -0.1) is 10.2 Å². The number of rotatable bonds is 12. The van der Waals surface area contributed by atoms with Gasteiger partial charge in [0.05, 0.1) is 23.7 Å². The SMILES string of the molecule is CCC(C)(C)C.CCC(C)(C)C(=O)CO.CCC(C)(C)C(=O)O.CCC(C)(C)C1=COC(=O)C1.CCC(C)(C)c1nn[nH]n1.CCC(C)(C)c1noc(=O)[nH]1.CCC(C)C.COC(C)(C)C. The number of nitrogens with one attached hydrogen (secondary N) is 2. The van der Waals surface area contributed by atoms with Crippen LogP contribution in [0.4, 0.5) is 0 Å². The molecule has 0 saturated heterocycles. The zero-order valence-electron chi connectivity index (χ0n) is 47.1. The van der Waals surface area contributed by atoms with Crippen LogP contribution in [0.2, 0.25) is 0 Å². The van der Waals surface area contributed by atoms with Crippen molar-refractivity contribution in [2.75, 3.05) is 13.7 Å². The molecule has 0 radical (unpaired) electrons. The lowest BCUT2D eigenvalue weighted by molar-refractivity contribution is -0.147. The fraction of sp³-hybridized carbons (Fsp3) is 0.843. The van der Waals surface area contributed by atoms with Crippen molar-refractivity contribution in [3.63, 3.8) is 0 Å². The van der Waals surface area contributed by atoms with E-state index in [1.807, 2.05) is 69.2 Å². The molecule has 1 aliphatic heterocycles. The minimum atomic E-state index is -0.722. The number of cyclic esters (lactones) is 1. The number of aliphatic carboxylic acids is 1. The van der Waals surface area contributed by atoms with E-state index in [1.54, 1.807) is 27.2 Å². The summed E-state index contributed by atoms with van der Waals surface area (Å²) in [7, 11) is 1.71. The highest BCUT2D eigenvalue weighted by molar-refractivity contribution is 5.84. The summed E-state index contributed by atoms with van der Waals surface area (Å²) in [6.45, 7) is 50.9.